The largest absolute Gasteiger partial charge is 0.466 e. The lowest BCUT2D eigenvalue weighted by atomic mass is 9.66. The number of aliphatic hydroxyl groups excluding tert-OH is 1. The molecule has 7 nitrogen and oxygen atoms in total. The van der Waals surface area contributed by atoms with Gasteiger partial charge in [-0.15, -0.1) is 18.3 Å². The number of carbonyl (C=O) groups excluding carboxylic acids is 3. The number of esters is 1. The normalized spacial score (nSPS) is 31.7. The van der Waals surface area contributed by atoms with Crippen molar-refractivity contribution in [1.29, 1.82) is 0 Å². The Kier molecular flexibility index (Phi) is 8.03. The first-order valence-electron chi connectivity index (χ1n) is 13.1. The van der Waals surface area contributed by atoms with Crippen molar-refractivity contribution >= 4 is 46.8 Å². The molecule has 1 aromatic rings. The van der Waals surface area contributed by atoms with Crippen LogP contribution in [0, 0.1) is 17.8 Å². The Morgan fingerprint density at radius 2 is 2.00 bits per heavy atom. The molecule has 3 aliphatic rings. The van der Waals surface area contributed by atoms with Crippen molar-refractivity contribution in [3.05, 3.63) is 41.9 Å². The predicted molar refractivity (Wildman–Crippen MR) is 147 cm³/mol. The van der Waals surface area contributed by atoms with Gasteiger partial charge in [0, 0.05) is 22.0 Å². The molecule has 1 N–H and O–H groups in total. The second-order valence-corrected chi connectivity index (χ2v) is 12.9. The SMILES string of the molecule is C=CCN(C(=O)C1N([C@@H](CO)[C@@H](C)CC)C(=O)[C@@H]2[C@H](C(=O)OCC)[C@]3(C)CCC12S3)c1ccc(Cl)cc1. The molecule has 3 aliphatic heterocycles. The zero-order chi connectivity index (χ0) is 27.1. The van der Waals surface area contributed by atoms with Gasteiger partial charge in [0.05, 0.1) is 35.8 Å². The van der Waals surface area contributed by atoms with Crippen molar-refractivity contribution in [3.63, 3.8) is 0 Å². The molecular formula is C28H37ClN2O5S. The van der Waals surface area contributed by atoms with E-state index in [-0.39, 0.29) is 43.5 Å². The van der Waals surface area contributed by atoms with Crippen LogP contribution in [0.1, 0.15) is 47.0 Å². The van der Waals surface area contributed by atoms with Crippen molar-refractivity contribution in [1.82, 2.24) is 4.90 Å². The Labute approximate surface area is 228 Å². The van der Waals surface area contributed by atoms with E-state index in [1.54, 1.807) is 58.8 Å². The van der Waals surface area contributed by atoms with E-state index in [1.807, 2.05) is 20.8 Å². The third kappa shape index (κ3) is 4.39. The third-order valence-corrected chi connectivity index (χ3v) is 10.8. The summed E-state index contributed by atoms with van der Waals surface area (Å²) in [5.41, 5.74) is 0.649. The first-order valence-corrected chi connectivity index (χ1v) is 14.3. The maximum absolute atomic E-state index is 14.6. The summed E-state index contributed by atoms with van der Waals surface area (Å²) in [4.78, 5) is 45.4. The van der Waals surface area contributed by atoms with Gasteiger partial charge in [-0.1, -0.05) is 37.9 Å². The minimum Gasteiger partial charge on any atom is -0.466 e. The molecule has 3 fully saturated rings. The van der Waals surface area contributed by atoms with Crippen LogP contribution in [0.3, 0.4) is 0 Å². The molecule has 3 saturated heterocycles. The fourth-order valence-electron chi connectivity index (χ4n) is 6.62. The van der Waals surface area contributed by atoms with Gasteiger partial charge in [-0.05, 0) is 56.9 Å². The van der Waals surface area contributed by atoms with E-state index >= 15 is 0 Å². The van der Waals surface area contributed by atoms with E-state index in [0.29, 0.717) is 23.6 Å². The number of hydrogen-bond acceptors (Lipinski definition) is 6. The first-order chi connectivity index (χ1) is 17.6. The highest BCUT2D eigenvalue weighted by molar-refractivity contribution is 8.02. The van der Waals surface area contributed by atoms with Crippen LogP contribution >= 0.6 is 23.4 Å². The van der Waals surface area contributed by atoms with Crippen molar-refractivity contribution in [2.24, 2.45) is 17.8 Å². The van der Waals surface area contributed by atoms with E-state index in [9.17, 15) is 19.5 Å². The quantitative estimate of drug-likeness (QED) is 0.346. The van der Waals surface area contributed by atoms with E-state index < -0.39 is 33.4 Å². The molecule has 1 aromatic carbocycles. The Balaban J connectivity index is 1.86. The summed E-state index contributed by atoms with van der Waals surface area (Å²) < 4.78 is 4.18. The van der Waals surface area contributed by atoms with E-state index in [1.165, 1.54) is 0 Å². The van der Waals surface area contributed by atoms with Crippen LogP contribution in [-0.4, -0.2) is 69.1 Å². The van der Waals surface area contributed by atoms with E-state index in [4.69, 9.17) is 16.3 Å². The summed E-state index contributed by atoms with van der Waals surface area (Å²) in [5.74, 6) is -2.21. The molecule has 9 heteroatoms. The zero-order valence-electron chi connectivity index (χ0n) is 22.0. The molecule has 7 atom stereocenters. The molecule has 0 saturated carbocycles. The lowest BCUT2D eigenvalue weighted by molar-refractivity contribution is -0.155. The van der Waals surface area contributed by atoms with Crippen molar-refractivity contribution in [3.8, 4) is 0 Å². The lowest BCUT2D eigenvalue weighted by Crippen LogP contribution is -2.58. The highest BCUT2D eigenvalue weighted by atomic mass is 35.5. The monoisotopic (exact) mass is 548 g/mol. The van der Waals surface area contributed by atoms with Gasteiger partial charge < -0.3 is 19.6 Å². The fourth-order valence-corrected chi connectivity index (χ4v) is 9.08. The molecule has 0 aromatic heterocycles. The predicted octanol–water partition coefficient (Wildman–Crippen LogP) is 4.31. The standard InChI is InChI=1S/C28H37ClN2O5S/c1-6-15-30(19-11-9-18(29)10-12-19)25(34)23-28-14-13-27(5,37-28)22(26(35)36-8-3)21(28)24(33)31(23)20(16-32)17(4)7-2/h6,9-12,17,20-23,32H,1,7-8,13-16H2,2-5H3/t17-,20-,21-,22+,23?,27-,28?/m0/s1. The molecule has 2 amide bonds. The van der Waals surface area contributed by atoms with Crippen LogP contribution in [0.2, 0.25) is 5.02 Å². The second kappa shape index (κ2) is 10.6. The number of anilines is 1. The molecule has 202 valence electrons. The van der Waals surface area contributed by atoms with Crippen molar-refractivity contribution < 1.29 is 24.2 Å². The summed E-state index contributed by atoms with van der Waals surface area (Å²) in [6.45, 7) is 11.8. The van der Waals surface area contributed by atoms with Crippen LogP contribution in [-0.2, 0) is 19.1 Å². The Morgan fingerprint density at radius 1 is 1.32 bits per heavy atom. The molecule has 2 bridgehead atoms. The number of hydrogen-bond donors (Lipinski definition) is 1. The Morgan fingerprint density at radius 3 is 2.57 bits per heavy atom. The molecule has 2 unspecified atom stereocenters. The minimum atomic E-state index is -0.835. The van der Waals surface area contributed by atoms with E-state index in [2.05, 4.69) is 6.58 Å². The van der Waals surface area contributed by atoms with Crippen LogP contribution in [0.15, 0.2) is 36.9 Å². The third-order valence-electron chi connectivity index (χ3n) is 8.55. The van der Waals surface area contributed by atoms with Crippen LogP contribution in [0.25, 0.3) is 0 Å². The number of fused-ring (bicyclic) bond motifs is 1. The van der Waals surface area contributed by atoms with E-state index in [0.717, 1.165) is 6.42 Å². The molecule has 3 heterocycles. The number of ether oxygens (including phenoxy) is 1. The number of thioether (sulfide) groups is 1. The van der Waals surface area contributed by atoms with Crippen molar-refractivity contribution in [2.45, 2.75) is 68.5 Å². The molecule has 1 spiro atoms. The average molecular weight is 549 g/mol. The minimum absolute atomic E-state index is 0.0401. The second-order valence-electron chi connectivity index (χ2n) is 10.6. The highest BCUT2D eigenvalue weighted by Gasteiger charge is 2.78. The van der Waals surface area contributed by atoms with Gasteiger partial charge >= 0.3 is 5.97 Å². The Hall–Kier alpha value is -2.03. The summed E-state index contributed by atoms with van der Waals surface area (Å²) in [6.07, 6.45) is 3.73. The Bertz CT molecular complexity index is 1070. The number of aliphatic hydroxyl groups is 1. The molecule has 0 radical (unpaired) electrons. The first kappa shape index (κ1) is 28.0. The number of carbonyl (C=O) groups is 3. The van der Waals surface area contributed by atoms with Gasteiger partial charge in [-0.3, -0.25) is 14.4 Å². The maximum Gasteiger partial charge on any atom is 0.311 e. The number of rotatable bonds is 10. The van der Waals surface area contributed by atoms with Gasteiger partial charge in [0.1, 0.15) is 6.04 Å². The number of benzene rings is 1. The smallest absolute Gasteiger partial charge is 0.311 e. The summed E-state index contributed by atoms with van der Waals surface area (Å²) in [7, 11) is 0. The highest BCUT2D eigenvalue weighted by Crippen LogP contribution is 2.72. The maximum atomic E-state index is 14.6. The van der Waals surface area contributed by atoms with Gasteiger partial charge in [0.2, 0.25) is 5.91 Å². The number of halogens is 1. The van der Waals surface area contributed by atoms with Crippen LogP contribution < -0.4 is 4.90 Å². The summed E-state index contributed by atoms with van der Waals surface area (Å²) in [5, 5.41) is 11.0. The van der Waals surface area contributed by atoms with Crippen LogP contribution in [0.5, 0.6) is 0 Å². The summed E-state index contributed by atoms with van der Waals surface area (Å²) in [6, 6.07) is 5.63. The fraction of sp³-hybridized carbons (Fsp3) is 0.607. The van der Waals surface area contributed by atoms with Crippen molar-refractivity contribution in [2.75, 3.05) is 24.7 Å². The zero-order valence-corrected chi connectivity index (χ0v) is 23.6. The van der Waals surface area contributed by atoms with Gasteiger partial charge in [0.25, 0.3) is 5.91 Å². The number of likely N-dealkylation sites (tertiary alicyclic amines) is 1. The van der Waals surface area contributed by atoms with Gasteiger partial charge in [-0.2, -0.15) is 0 Å². The molecular weight excluding hydrogens is 512 g/mol. The number of amides is 2. The summed E-state index contributed by atoms with van der Waals surface area (Å²) >= 11 is 7.71. The van der Waals surface area contributed by atoms with Crippen LogP contribution in [0.4, 0.5) is 5.69 Å². The molecule has 4 rings (SSSR count). The number of nitrogens with zero attached hydrogens (tertiary/aromatic N) is 2. The average Bonchev–Trinajstić information content (AvgIpc) is 3.44. The topological polar surface area (TPSA) is 87.2 Å². The molecule has 37 heavy (non-hydrogen) atoms. The van der Waals surface area contributed by atoms with Gasteiger partial charge in [0.15, 0.2) is 0 Å². The van der Waals surface area contributed by atoms with Gasteiger partial charge in [-0.25, -0.2) is 0 Å². The lowest BCUT2D eigenvalue weighted by Gasteiger charge is -2.41. The molecule has 0 aliphatic carbocycles.